The predicted molar refractivity (Wildman–Crippen MR) is 75.8 cm³/mol. The fourth-order valence-electron chi connectivity index (χ4n) is 2.33. The number of fused-ring (bicyclic) bond motifs is 1. The van der Waals surface area contributed by atoms with Gasteiger partial charge in [-0.25, -0.2) is 0 Å². The summed E-state index contributed by atoms with van der Waals surface area (Å²) in [6, 6.07) is 17.3. The number of hydrogen-bond acceptors (Lipinski definition) is 4. The van der Waals surface area contributed by atoms with Crippen molar-refractivity contribution >= 4 is 0 Å². The molecule has 1 aliphatic heterocycles. The van der Waals surface area contributed by atoms with Crippen LogP contribution in [0.15, 0.2) is 42.5 Å². The van der Waals surface area contributed by atoms with Gasteiger partial charge < -0.3 is 9.47 Å². The van der Waals surface area contributed by atoms with Crippen molar-refractivity contribution in [3.63, 3.8) is 0 Å². The van der Waals surface area contributed by atoms with Gasteiger partial charge >= 0.3 is 0 Å². The van der Waals surface area contributed by atoms with Gasteiger partial charge in [0.2, 0.25) is 6.79 Å². The molecule has 0 saturated carbocycles. The van der Waals surface area contributed by atoms with Crippen LogP contribution in [0.4, 0.5) is 0 Å². The minimum Gasteiger partial charge on any atom is -0.454 e. The Labute approximate surface area is 122 Å². The molecular formula is C17H12N2O2. The fourth-order valence-corrected chi connectivity index (χ4v) is 2.33. The van der Waals surface area contributed by atoms with Gasteiger partial charge in [-0.15, -0.1) is 0 Å². The lowest BCUT2D eigenvalue weighted by atomic mass is 9.92. The van der Waals surface area contributed by atoms with Gasteiger partial charge in [-0.05, 0) is 41.8 Å². The Balaban J connectivity index is 1.81. The van der Waals surface area contributed by atoms with Crippen LogP contribution in [0.5, 0.6) is 11.5 Å². The molecule has 0 aliphatic carbocycles. The van der Waals surface area contributed by atoms with Gasteiger partial charge in [0.25, 0.3) is 0 Å². The largest absolute Gasteiger partial charge is 0.454 e. The molecule has 0 fully saturated rings. The van der Waals surface area contributed by atoms with E-state index in [1.54, 1.807) is 12.1 Å². The molecule has 1 aliphatic rings. The summed E-state index contributed by atoms with van der Waals surface area (Å²) >= 11 is 0. The van der Waals surface area contributed by atoms with Gasteiger partial charge in [0.1, 0.15) is 0 Å². The first-order valence-corrected chi connectivity index (χ1v) is 6.58. The van der Waals surface area contributed by atoms with Crippen molar-refractivity contribution in [1.82, 2.24) is 0 Å². The number of nitrogens with zero attached hydrogens (tertiary/aromatic N) is 2. The molecule has 0 radical (unpaired) electrons. The van der Waals surface area contributed by atoms with Gasteiger partial charge in [-0.1, -0.05) is 18.2 Å². The van der Waals surface area contributed by atoms with Crippen molar-refractivity contribution < 1.29 is 9.47 Å². The average molecular weight is 276 g/mol. The molecule has 1 unspecified atom stereocenters. The lowest BCUT2D eigenvalue weighted by Gasteiger charge is -2.10. The van der Waals surface area contributed by atoms with Crippen LogP contribution in [0.3, 0.4) is 0 Å². The van der Waals surface area contributed by atoms with Crippen LogP contribution in [0.25, 0.3) is 0 Å². The van der Waals surface area contributed by atoms with Gasteiger partial charge in [0.15, 0.2) is 11.5 Å². The maximum atomic E-state index is 9.39. The van der Waals surface area contributed by atoms with Crippen molar-refractivity contribution in [2.24, 2.45) is 0 Å². The first-order chi connectivity index (χ1) is 10.3. The molecule has 4 nitrogen and oxygen atoms in total. The maximum Gasteiger partial charge on any atom is 0.231 e. The lowest BCUT2D eigenvalue weighted by Crippen LogP contribution is -2.00. The SMILES string of the molecule is N#Cc1ccc(C(C#N)Cc2ccc3c(c2)OCO3)cc1. The molecule has 0 bridgehead atoms. The predicted octanol–water partition coefficient (Wildman–Crippen LogP) is 3.14. The van der Waals surface area contributed by atoms with Crippen molar-refractivity contribution in [2.45, 2.75) is 12.3 Å². The Morgan fingerprint density at radius 2 is 1.76 bits per heavy atom. The Morgan fingerprint density at radius 1 is 1.00 bits per heavy atom. The van der Waals surface area contributed by atoms with Crippen molar-refractivity contribution in [3.8, 4) is 23.6 Å². The van der Waals surface area contributed by atoms with Crippen LogP contribution in [0, 0.1) is 22.7 Å². The smallest absolute Gasteiger partial charge is 0.231 e. The molecule has 1 atom stereocenters. The molecule has 0 aromatic heterocycles. The minimum absolute atomic E-state index is 0.246. The van der Waals surface area contributed by atoms with Crippen LogP contribution in [0.1, 0.15) is 22.6 Å². The first-order valence-electron chi connectivity index (χ1n) is 6.58. The van der Waals surface area contributed by atoms with E-state index in [4.69, 9.17) is 14.7 Å². The Kier molecular flexibility index (Phi) is 3.45. The summed E-state index contributed by atoms with van der Waals surface area (Å²) in [5.41, 5.74) is 2.53. The third kappa shape index (κ3) is 2.66. The third-order valence-corrected chi connectivity index (χ3v) is 3.47. The van der Waals surface area contributed by atoms with Gasteiger partial charge in [0.05, 0.1) is 23.6 Å². The fraction of sp³-hybridized carbons (Fsp3) is 0.176. The summed E-state index contributed by atoms with van der Waals surface area (Å²) in [7, 11) is 0. The minimum atomic E-state index is -0.252. The van der Waals surface area contributed by atoms with Crippen LogP contribution >= 0.6 is 0 Å². The van der Waals surface area contributed by atoms with E-state index in [2.05, 4.69) is 12.1 Å². The molecule has 1 heterocycles. The second-order valence-electron chi connectivity index (χ2n) is 4.81. The Hall–Kier alpha value is -2.98. The summed E-state index contributed by atoms with van der Waals surface area (Å²) in [4.78, 5) is 0. The second-order valence-corrected chi connectivity index (χ2v) is 4.81. The molecule has 102 valence electrons. The summed E-state index contributed by atoms with van der Waals surface area (Å²) in [6.45, 7) is 0.246. The number of benzene rings is 2. The van der Waals surface area contributed by atoms with Crippen LogP contribution in [-0.4, -0.2) is 6.79 Å². The summed E-state index contributed by atoms with van der Waals surface area (Å²) in [5.74, 6) is 1.22. The van der Waals surface area contributed by atoms with E-state index in [9.17, 15) is 5.26 Å². The zero-order chi connectivity index (χ0) is 14.7. The van der Waals surface area contributed by atoms with Crippen molar-refractivity contribution in [3.05, 3.63) is 59.2 Å². The van der Waals surface area contributed by atoms with E-state index in [0.29, 0.717) is 12.0 Å². The van der Waals surface area contributed by atoms with E-state index in [-0.39, 0.29) is 12.7 Å². The average Bonchev–Trinajstić information content (AvgIpc) is 3.00. The zero-order valence-electron chi connectivity index (χ0n) is 11.2. The quantitative estimate of drug-likeness (QED) is 0.863. The van der Waals surface area contributed by atoms with Gasteiger partial charge in [-0.3, -0.25) is 0 Å². The number of rotatable bonds is 3. The summed E-state index contributed by atoms with van der Waals surface area (Å²) in [5, 5.41) is 18.2. The molecule has 0 saturated heterocycles. The molecule has 0 amide bonds. The standard InChI is InChI=1S/C17H12N2O2/c18-9-12-1-4-14(5-2-12)15(10-19)7-13-3-6-16-17(8-13)21-11-20-16/h1-6,8,15H,7,11H2. The normalized spacial score (nSPS) is 13.2. The highest BCUT2D eigenvalue weighted by atomic mass is 16.7. The summed E-state index contributed by atoms with van der Waals surface area (Å²) < 4.78 is 10.6. The Bertz CT molecular complexity index is 739. The Morgan fingerprint density at radius 3 is 2.48 bits per heavy atom. The molecule has 2 aromatic rings. The molecule has 2 aromatic carbocycles. The topological polar surface area (TPSA) is 66.0 Å². The molecule has 21 heavy (non-hydrogen) atoms. The second kappa shape index (κ2) is 5.56. The zero-order valence-corrected chi connectivity index (χ0v) is 11.2. The monoisotopic (exact) mass is 276 g/mol. The van der Waals surface area contributed by atoms with Crippen LogP contribution in [0.2, 0.25) is 0 Å². The van der Waals surface area contributed by atoms with E-state index >= 15 is 0 Å². The lowest BCUT2D eigenvalue weighted by molar-refractivity contribution is 0.174. The highest BCUT2D eigenvalue weighted by Crippen LogP contribution is 2.34. The molecule has 0 N–H and O–H groups in total. The van der Waals surface area contributed by atoms with E-state index < -0.39 is 0 Å². The van der Waals surface area contributed by atoms with Crippen molar-refractivity contribution in [2.75, 3.05) is 6.79 Å². The highest BCUT2D eigenvalue weighted by Gasteiger charge is 2.16. The third-order valence-electron chi connectivity index (χ3n) is 3.47. The van der Waals surface area contributed by atoms with Gasteiger partial charge in [0, 0.05) is 0 Å². The number of nitriles is 2. The van der Waals surface area contributed by atoms with Crippen molar-refractivity contribution in [1.29, 1.82) is 10.5 Å². The molecular weight excluding hydrogens is 264 g/mol. The molecule has 4 heteroatoms. The van der Waals surface area contributed by atoms with Gasteiger partial charge in [-0.2, -0.15) is 10.5 Å². The highest BCUT2D eigenvalue weighted by molar-refractivity contribution is 5.45. The number of hydrogen-bond donors (Lipinski definition) is 0. The number of ether oxygens (including phenoxy) is 2. The first kappa shape index (κ1) is 13.0. The molecule has 0 spiro atoms. The van der Waals surface area contributed by atoms with E-state index in [0.717, 1.165) is 22.6 Å². The van der Waals surface area contributed by atoms with E-state index in [1.165, 1.54) is 0 Å². The summed E-state index contributed by atoms with van der Waals surface area (Å²) in [6.07, 6.45) is 0.596. The van der Waals surface area contributed by atoms with E-state index in [1.807, 2.05) is 30.3 Å². The van der Waals surface area contributed by atoms with Crippen LogP contribution in [-0.2, 0) is 6.42 Å². The molecule has 3 rings (SSSR count). The van der Waals surface area contributed by atoms with Crippen LogP contribution < -0.4 is 9.47 Å². The maximum absolute atomic E-state index is 9.39.